The Bertz CT molecular complexity index is 1010. The lowest BCUT2D eigenvalue weighted by Gasteiger charge is -2.07. The van der Waals surface area contributed by atoms with Gasteiger partial charge in [0.2, 0.25) is 0 Å². The monoisotopic (exact) mass is 333 g/mol. The molecule has 0 fully saturated rings. The normalized spacial score (nSPS) is 10.9. The molecule has 0 saturated carbocycles. The van der Waals surface area contributed by atoms with Crippen LogP contribution >= 0.6 is 11.6 Å². The summed E-state index contributed by atoms with van der Waals surface area (Å²) in [7, 11) is 0. The Balaban J connectivity index is 2.31. The van der Waals surface area contributed by atoms with E-state index < -0.39 is 16.2 Å². The quantitative estimate of drug-likeness (QED) is 0.512. The molecule has 0 aliphatic rings. The summed E-state index contributed by atoms with van der Waals surface area (Å²) >= 11 is 5.79. The predicted molar refractivity (Wildman–Crippen MR) is 84.3 cm³/mol. The molecule has 0 spiro atoms. The van der Waals surface area contributed by atoms with Crippen LogP contribution < -0.4 is 5.43 Å². The molecule has 1 heterocycles. The van der Waals surface area contributed by atoms with Crippen LogP contribution in [0.2, 0.25) is 5.02 Å². The largest absolute Gasteiger partial charge is 0.456 e. The summed E-state index contributed by atoms with van der Waals surface area (Å²) in [4.78, 5) is 22.8. The molecule has 7 heteroatoms. The Kier molecular flexibility index (Phi) is 3.61. The topological polar surface area (TPSA) is 73.3 Å². The Morgan fingerprint density at radius 2 is 1.96 bits per heavy atom. The van der Waals surface area contributed by atoms with Crippen LogP contribution in [0.15, 0.2) is 45.6 Å². The van der Waals surface area contributed by atoms with E-state index in [1.54, 1.807) is 0 Å². The highest BCUT2D eigenvalue weighted by Crippen LogP contribution is 2.32. The number of hydrogen-bond acceptors (Lipinski definition) is 4. The number of benzene rings is 2. The highest BCUT2D eigenvalue weighted by Gasteiger charge is 2.18. The predicted octanol–water partition coefficient (Wildman–Crippen LogP) is 4.47. The van der Waals surface area contributed by atoms with Crippen LogP contribution in [0.5, 0.6) is 0 Å². The minimum atomic E-state index is -0.615. The van der Waals surface area contributed by atoms with E-state index in [0.717, 1.165) is 6.07 Å². The Hall–Kier alpha value is -2.73. The molecule has 0 radical (unpaired) electrons. The molecule has 3 aromatic rings. The molecule has 0 aliphatic heterocycles. The Morgan fingerprint density at radius 3 is 2.65 bits per heavy atom. The molecule has 0 saturated heterocycles. The van der Waals surface area contributed by atoms with Crippen LogP contribution in [-0.4, -0.2) is 4.92 Å². The van der Waals surface area contributed by atoms with Crippen LogP contribution in [0.3, 0.4) is 0 Å². The van der Waals surface area contributed by atoms with Crippen molar-refractivity contribution < 1.29 is 13.7 Å². The van der Waals surface area contributed by atoms with E-state index in [4.69, 9.17) is 16.0 Å². The molecular weight excluding hydrogens is 325 g/mol. The van der Waals surface area contributed by atoms with E-state index >= 15 is 0 Å². The maximum Gasteiger partial charge on any atom is 0.288 e. The highest BCUT2D eigenvalue weighted by molar-refractivity contribution is 6.32. The zero-order chi connectivity index (χ0) is 16.7. The first-order valence-corrected chi connectivity index (χ1v) is 6.93. The van der Waals surface area contributed by atoms with Gasteiger partial charge in [-0.25, -0.2) is 4.39 Å². The third-order valence-electron chi connectivity index (χ3n) is 3.48. The van der Waals surface area contributed by atoms with Crippen LogP contribution in [0.25, 0.3) is 22.3 Å². The molecule has 116 valence electrons. The summed E-state index contributed by atoms with van der Waals surface area (Å²) in [5.41, 5.74) is 0.111. The first kappa shape index (κ1) is 15.2. The SMILES string of the molecule is Cc1c(-c2ccc(Cl)c([N+](=O)[O-])c2)oc2ccc(F)cc2c1=O. The first-order chi connectivity index (χ1) is 10.9. The number of nitro groups is 1. The van der Waals surface area contributed by atoms with Crippen LogP contribution in [0.1, 0.15) is 5.56 Å². The summed E-state index contributed by atoms with van der Waals surface area (Å²) < 4.78 is 18.9. The molecule has 0 bridgehead atoms. The van der Waals surface area contributed by atoms with Gasteiger partial charge in [-0.1, -0.05) is 11.6 Å². The van der Waals surface area contributed by atoms with Gasteiger partial charge in [0.05, 0.1) is 10.3 Å². The van der Waals surface area contributed by atoms with Crippen molar-refractivity contribution in [2.45, 2.75) is 6.92 Å². The number of halogens is 2. The van der Waals surface area contributed by atoms with Crippen molar-refractivity contribution in [3.8, 4) is 11.3 Å². The van der Waals surface area contributed by atoms with Crippen LogP contribution in [0, 0.1) is 22.9 Å². The van der Waals surface area contributed by atoms with E-state index in [2.05, 4.69) is 0 Å². The smallest absolute Gasteiger partial charge is 0.288 e. The second-order valence-electron chi connectivity index (χ2n) is 4.95. The van der Waals surface area contributed by atoms with Gasteiger partial charge in [-0.3, -0.25) is 14.9 Å². The number of rotatable bonds is 2. The van der Waals surface area contributed by atoms with Gasteiger partial charge in [0, 0.05) is 17.2 Å². The van der Waals surface area contributed by atoms with Crippen LogP contribution in [0.4, 0.5) is 10.1 Å². The van der Waals surface area contributed by atoms with Crippen molar-refractivity contribution in [2.75, 3.05) is 0 Å². The zero-order valence-electron chi connectivity index (χ0n) is 11.8. The van der Waals surface area contributed by atoms with Crippen molar-refractivity contribution in [1.29, 1.82) is 0 Å². The Morgan fingerprint density at radius 1 is 1.22 bits per heavy atom. The summed E-state index contributed by atoms with van der Waals surface area (Å²) in [6, 6.07) is 7.75. The second-order valence-corrected chi connectivity index (χ2v) is 5.36. The first-order valence-electron chi connectivity index (χ1n) is 6.56. The maximum atomic E-state index is 13.3. The third kappa shape index (κ3) is 2.57. The summed E-state index contributed by atoms with van der Waals surface area (Å²) in [5.74, 6) is -0.354. The van der Waals surface area contributed by atoms with Crippen molar-refractivity contribution in [2.24, 2.45) is 0 Å². The average Bonchev–Trinajstić information content (AvgIpc) is 2.52. The fourth-order valence-corrected chi connectivity index (χ4v) is 2.52. The number of nitro benzene ring substituents is 1. The van der Waals surface area contributed by atoms with Gasteiger partial charge in [-0.15, -0.1) is 0 Å². The standard InChI is InChI=1S/C16H9ClFNO4/c1-8-15(20)11-7-10(18)3-5-14(11)23-16(8)9-2-4-12(17)13(6-9)19(21)22/h2-7H,1H3. The molecule has 5 nitrogen and oxygen atoms in total. The second kappa shape index (κ2) is 5.48. The van der Waals surface area contributed by atoms with Gasteiger partial charge in [0.25, 0.3) is 5.69 Å². The van der Waals surface area contributed by atoms with E-state index in [1.807, 2.05) is 0 Å². The molecule has 2 aromatic carbocycles. The number of hydrogen-bond donors (Lipinski definition) is 0. The van der Waals surface area contributed by atoms with Gasteiger partial charge in [0.15, 0.2) is 5.43 Å². The minimum absolute atomic E-state index is 0.0124. The Labute approximate surface area is 134 Å². The maximum absolute atomic E-state index is 13.3. The minimum Gasteiger partial charge on any atom is -0.456 e. The summed E-state index contributed by atoms with van der Waals surface area (Å²) in [6.07, 6.45) is 0. The zero-order valence-corrected chi connectivity index (χ0v) is 12.6. The lowest BCUT2D eigenvalue weighted by atomic mass is 10.1. The molecular formula is C16H9ClFNO4. The van der Waals surface area contributed by atoms with E-state index in [-0.39, 0.29) is 33.0 Å². The van der Waals surface area contributed by atoms with Gasteiger partial charge in [-0.2, -0.15) is 0 Å². The van der Waals surface area contributed by atoms with Crippen molar-refractivity contribution in [3.05, 3.63) is 73.1 Å². The molecule has 0 amide bonds. The fourth-order valence-electron chi connectivity index (χ4n) is 2.33. The molecule has 0 N–H and O–H groups in total. The van der Waals surface area contributed by atoms with Gasteiger partial charge in [0.1, 0.15) is 22.2 Å². The molecule has 0 aliphatic carbocycles. The number of nitrogens with zero attached hydrogens (tertiary/aromatic N) is 1. The lowest BCUT2D eigenvalue weighted by molar-refractivity contribution is -0.384. The lowest BCUT2D eigenvalue weighted by Crippen LogP contribution is -2.07. The summed E-state index contributed by atoms with van der Waals surface area (Å²) in [6.45, 7) is 1.52. The fraction of sp³-hybridized carbons (Fsp3) is 0.0625. The molecule has 0 atom stereocenters. The molecule has 23 heavy (non-hydrogen) atoms. The average molecular weight is 334 g/mol. The third-order valence-corrected chi connectivity index (χ3v) is 3.80. The number of fused-ring (bicyclic) bond motifs is 1. The highest BCUT2D eigenvalue weighted by atomic mass is 35.5. The molecule has 1 aromatic heterocycles. The van der Waals surface area contributed by atoms with Crippen LogP contribution in [-0.2, 0) is 0 Å². The van der Waals surface area contributed by atoms with Gasteiger partial charge < -0.3 is 4.42 Å². The van der Waals surface area contributed by atoms with Gasteiger partial charge in [-0.05, 0) is 37.3 Å². The van der Waals surface area contributed by atoms with Crippen molar-refractivity contribution in [1.82, 2.24) is 0 Å². The molecule has 0 unspecified atom stereocenters. The van der Waals surface area contributed by atoms with E-state index in [0.29, 0.717) is 5.56 Å². The summed E-state index contributed by atoms with van der Waals surface area (Å²) in [5, 5.41) is 11.1. The van der Waals surface area contributed by atoms with E-state index in [9.17, 15) is 19.3 Å². The van der Waals surface area contributed by atoms with Crippen molar-refractivity contribution >= 4 is 28.3 Å². The molecule has 3 rings (SSSR count). The van der Waals surface area contributed by atoms with Crippen molar-refractivity contribution in [3.63, 3.8) is 0 Å². The van der Waals surface area contributed by atoms with E-state index in [1.165, 1.54) is 37.3 Å². The van der Waals surface area contributed by atoms with Gasteiger partial charge >= 0.3 is 0 Å².